The largest absolute Gasteiger partial charge is 0.461 e. The van der Waals surface area contributed by atoms with Crippen LogP contribution in [0, 0.1) is 17.0 Å². The van der Waals surface area contributed by atoms with E-state index in [4.69, 9.17) is 9.73 Å². The zero-order valence-electron chi connectivity index (χ0n) is 23.6. The highest BCUT2D eigenvalue weighted by atomic mass is 32.3. The Bertz CT molecular complexity index is 1250. The monoisotopic (exact) mass is 525 g/mol. The maximum absolute atomic E-state index is 14.8. The number of hydrogen-bond donors (Lipinski definition) is 0. The van der Waals surface area contributed by atoms with E-state index < -0.39 is 16.0 Å². The zero-order chi connectivity index (χ0) is 28.0. The van der Waals surface area contributed by atoms with Crippen molar-refractivity contribution in [3.8, 4) is 11.2 Å². The number of hydrogen-bond acceptors (Lipinski definition) is 4. The molecule has 1 aromatic heterocycles. The number of carbonyl (C=O) groups excluding carboxylic acids is 1. The lowest BCUT2D eigenvalue weighted by atomic mass is 10.00. The molecule has 3 aromatic rings. The van der Waals surface area contributed by atoms with Gasteiger partial charge in [0.1, 0.15) is 5.82 Å². The van der Waals surface area contributed by atoms with Crippen LogP contribution in [0.25, 0.3) is 0 Å². The quantitative estimate of drug-likeness (QED) is 0.201. The first-order valence-electron chi connectivity index (χ1n) is 12.5. The Morgan fingerprint density at radius 3 is 2.38 bits per heavy atom. The number of rotatable bonds is 6. The van der Waals surface area contributed by atoms with Crippen molar-refractivity contribution in [1.29, 1.82) is 0 Å². The lowest BCUT2D eigenvalue weighted by Crippen LogP contribution is -2.11. The second-order valence-electron chi connectivity index (χ2n) is 8.16. The fourth-order valence-electron chi connectivity index (χ4n) is 3.11. The average Bonchev–Trinajstić information content (AvgIpc) is 3.26. The van der Waals surface area contributed by atoms with Gasteiger partial charge in [0.2, 0.25) is 0 Å². The van der Waals surface area contributed by atoms with Crippen LogP contribution in [0.15, 0.2) is 59.9 Å². The smallest absolute Gasteiger partial charge is 0.358 e. The number of benzene rings is 2. The Balaban J connectivity index is 0.00000163. The van der Waals surface area contributed by atoms with Crippen LogP contribution in [-0.2, 0) is 18.3 Å². The van der Waals surface area contributed by atoms with Gasteiger partial charge >= 0.3 is 5.97 Å². The molecule has 5 nitrogen and oxygen atoms in total. The van der Waals surface area contributed by atoms with Crippen molar-refractivity contribution in [1.82, 2.24) is 9.55 Å². The second-order valence-corrected chi connectivity index (χ2v) is 12.0. The minimum absolute atomic E-state index is 0.135. The molecule has 2 aromatic carbocycles. The third-order valence-electron chi connectivity index (χ3n) is 4.68. The Kier molecular flexibility index (Phi) is 13.4. The summed E-state index contributed by atoms with van der Waals surface area (Å²) in [5.41, 5.74) is 3.25. The van der Waals surface area contributed by atoms with E-state index in [0.717, 1.165) is 11.1 Å². The molecule has 0 aliphatic rings. The van der Waals surface area contributed by atoms with E-state index in [2.05, 4.69) is 34.9 Å². The number of imidazole rings is 1. The van der Waals surface area contributed by atoms with E-state index >= 15 is 0 Å². The molecule has 0 N–H and O–H groups in total. The zero-order valence-corrected chi connectivity index (χ0v) is 24.4. The van der Waals surface area contributed by atoms with Crippen LogP contribution in [0.1, 0.15) is 67.5 Å². The van der Waals surface area contributed by atoms with Crippen molar-refractivity contribution < 1.29 is 13.9 Å². The van der Waals surface area contributed by atoms with Gasteiger partial charge < -0.3 is 9.30 Å². The third-order valence-corrected chi connectivity index (χ3v) is 5.40. The molecule has 0 unspecified atom stereocenters. The number of carbonyl (C=O) groups is 1. The van der Waals surface area contributed by atoms with E-state index in [9.17, 15) is 9.18 Å². The van der Waals surface area contributed by atoms with Crippen LogP contribution in [0.2, 0.25) is 0 Å². The number of aromatic nitrogens is 2. The second kappa shape index (κ2) is 15.7. The molecule has 0 saturated carbocycles. The fraction of sp³-hybridized carbons (Fsp3) is 0.367. The number of halogens is 1. The van der Waals surface area contributed by atoms with Gasteiger partial charge in [0, 0.05) is 23.7 Å². The first kappa shape index (κ1) is 31.7. The van der Waals surface area contributed by atoms with Gasteiger partial charge in [0.05, 0.1) is 30.9 Å². The summed E-state index contributed by atoms with van der Waals surface area (Å²) in [6.07, 6.45) is 7.94. The first-order chi connectivity index (χ1) is 17.7. The molecule has 0 saturated heterocycles. The third kappa shape index (κ3) is 9.55. The number of ether oxygens (including phenoxy) is 1. The molecule has 200 valence electrons. The van der Waals surface area contributed by atoms with Gasteiger partial charge in [-0.1, -0.05) is 57.9 Å². The highest BCUT2D eigenvalue weighted by Crippen LogP contribution is 2.32. The van der Waals surface area contributed by atoms with Gasteiger partial charge in [-0.25, -0.2) is 14.2 Å². The molecule has 0 spiro atoms. The van der Waals surface area contributed by atoms with Crippen molar-refractivity contribution in [3.63, 3.8) is 0 Å². The van der Waals surface area contributed by atoms with E-state index in [0.29, 0.717) is 17.0 Å². The minimum atomic E-state index is -0.981. The summed E-state index contributed by atoms with van der Waals surface area (Å²) in [5, 5.41) is 3.31. The lowest BCUT2D eigenvalue weighted by molar-refractivity contribution is 0.0518. The average molecular weight is 526 g/mol. The molecule has 3 rings (SSSR count). The highest BCUT2D eigenvalue weighted by molar-refractivity contribution is 8.35. The molecule has 0 radical (unpaired) electrons. The Morgan fingerprint density at radius 2 is 1.76 bits per heavy atom. The van der Waals surface area contributed by atoms with Gasteiger partial charge in [-0.15, -0.1) is 0 Å². The van der Waals surface area contributed by atoms with Gasteiger partial charge in [-0.2, -0.15) is 10.0 Å². The van der Waals surface area contributed by atoms with Crippen LogP contribution < -0.4 is 0 Å². The summed E-state index contributed by atoms with van der Waals surface area (Å²) in [4.78, 5) is 21.2. The van der Waals surface area contributed by atoms with Crippen molar-refractivity contribution in [2.45, 2.75) is 41.2 Å². The number of esters is 1. The molecule has 1 heterocycles. The molecule has 0 amide bonds. The summed E-state index contributed by atoms with van der Waals surface area (Å²) < 4.78 is 21.6. The van der Waals surface area contributed by atoms with Crippen molar-refractivity contribution in [2.75, 3.05) is 25.4 Å². The molecular weight excluding hydrogens is 485 g/mol. The first-order valence-corrected chi connectivity index (χ1v) is 15.3. The molecule has 0 bridgehead atoms. The maximum atomic E-state index is 14.8. The minimum Gasteiger partial charge on any atom is -0.461 e. The van der Waals surface area contributed by atoms with Crippen molar-refractivity contribution in [2.24, 2.45) is 12.0 Å². The van der Waals surface area contributed by atoms with Gasteiger partial charge in [-0.05, 0) is 55.2 Å². The molecule has 0 aliphatic heterocycles. The predicted octanol–water partition coefficient (Wildman–Crippen LogP) is 6.83. The van der Waals surface area contributed by atoms with Crippen LogP contribution in [0.4, 0.5) is 4.39 Å². The number of nitrogens with zero attached hydrogens (tertiary/aromatic N) is 3. The van der Waals surface area contributed by atoms with Gasteiger partial charge in [0.25, 0.3) is 0 Å². The normalized spacial score (nSPS) is 11.1. The summed E-state index contributed by atoms with van der Waals surface area (Å²) >= 11 is 0. The van der Waals surface area contributed by atoms with Crippen LogP contribution in [0.5, 0.6) is 0 Å². The molecule has 7 heteroatoms. The fourth-order valence-corrected chi connectivity index (χ4v) is 3.53. The predicted molar refractivity (Wildman–Crippen MR) is 156 cm³/mol. The van der Waals surface area contributed by atoms with Crippen LogP contribution >= 0.6 is 10.0 Å². The van der Waals surface area contributed by atoms with E-state index in [1.165, 1.54) is 6.07 Å². The number of aryl methyl sites for hydroxylation is 1. The topological polar surface area (TPSA) is 56.5 Å². The van der Waals surface area contributed by atoms with Crippen molar-refractivity contribution in [3.05, 3.63) is 88.8 Å². The maximum Gasteiger partial charge on any atom is 0.358 e. The Morgan fingerprint density at radius 1 is 1.08 bits per heavy atom. The summed E-state index contributed by atoms with van der Waals surface area (Å²) in [7, 11) is 0.805. The lowest BCUT2D eigenvalue weighted by Gasteiger charge is -2.15. The SMILES string of the molecule is CC.CC.CCOC(=O)c1ncn(C)c1CN=C(c1cccc(C#CS(C)(C)C)c1)c1ccccc1F. The molecule has 0 atom stereocenters. The number of aliphatic imine (C=N–C) groups is 1. The van der Waals surface area contributed by atoms with Crippen LogP contribution in [-0.4, -0.2) is 46.6 Å². The molecular formula is C30H40FN3O2S. The molecule has 0 fully saturated rings. The molecule has 37 heavy (non-hydrogen) atoms. The summed E-state index contributed by atoms with van der Waals surface area (Å²) in [5.74, 6) is 2.35. The van der Waals surface area contributed by atoms with E-state index in [1.54, 1.807) is 43.1 Å². The van der Waals surface area contributed by atoms with Crippen molar-refractivity contribution >= 4 is 21.7 Å². The summed E-state index contributed by atoms with van der Waals surface area (Å²) in [6.45, 7) is 10.1. The standard InChI is InChI=1S/C26H28FN3O2S.2C2H6/c1-6-32-26(31)25-23(30(2)18-29-25)17-28-24(21-12-7-8-13-22(21)27)20-11-9-10-19(16-20)14-15-33(3,4)5;2*1-2/h7-13,16,18H,6,17H2,1-5H3;2*1-2H3. The Hall–Kier alpha value is -3.37. The molecule has 0 aliphatic carbocycles. The van der Waals surface area contributed by atoms with Crippen LogP contribution in [0.3, 0.4) is 0 Å². The highest BCUT2D eigenvalue weighted by Gasteiger charge is 2.19. The van der Waals surface area contributed by atoms with E-state index in [-0.39, 0.29) is 24.7 Å². The van der Waals surface area contributed by atoms with Gasteiger partial charge in [0.15, 0.2) is 5.69 Å². The van der Waals surface area contributed by atoms with Gasteiger partial charge in [-0.3, -0.25) is 4.99 Å². The Labute approximate surface area is 223 Å². The summed E-state index contributed by atoms with van der Waals surface area (Å²) in [6, 6.07) is 14.1. The van der Waals surface area contributed by atoms with E-state index in [1.807, 2.05) is 52.0 Å².